The molecule has 0 bridgehead atoms. The summed E-state index contributed by atoms with van der Waals surface area (Å²) in [6.07, 6.45) is 1.73. The van der Waals surface area contributed by atoms with Crippen LogP contribution < -0.4 is 10.9 Å². The highest BCUT2D eigenvalue weighted by atomic mass is 16.1. The van der Waals surface area contributed by atoms with Gasteiger partial charge >= 0.3 is 0 Å². The van der Waals surface area contributed by atoms with Crippen molar-refractivity contribution >= 4 is 11.5 Å². The third kappa shape index (κ3) is 2.86. The predicted octanol–water partition coefficient (Wildman–Crippen LogP) is 2.15. The van der Waals surface area contributed by atoms with E-state index in [1.54, 1.807) is 6.07 Å². The zero-order valence-corrected chi connectivity index (χ0v) is 12.8. The van der Waals surface area contributed by atoms with E-state index in [2.05, 4.69) is 39.4 Å². The molecule has 6 nitrogen and oxygen atoms in total. The lowest BCUT2D eigenvalue weighted by molar-refractivity contribution is 0.843. The van der Waals surface area contributed by atoms with Crippen LogP contribution in [0.1, 0.15) is 30.9 Å². The standard InChI is InChI=1S/C16H19N5O/c1-3-11-5-7-12(8-6-11)17-10-13-9-15(22)21-16(18-13)19-14(4-2)20-21/h5-9,17H,3-4,10H2,1-2H3,(H,18,19,20). The minimum atomic E-state index is -0.168. The number of nitrogens with one attached hydrogen (secondary N) is 2. The fourth-order valence-corrected chi connectivity index (χ4v) is 2.28. The maximum Gasteiger partial charge on any atom is 0.275 e. The molecule has 2 heterocycles. The number of fused-ring (bicyclic) bond motifs is 1. The molecule has 2 aromatic heterocycles. The van der Waals surface area contributed by atoms with Gasteiger partial charge in [-0.15, -0.1) is 5.10 Å². The minimum absolute atomic E-state index is 0.168. The van der Waals surface area contributed by atoms with Crippen molar-refractivity contribution < 1.29 is 0 Å². The van der Waals surface area contributed by atoms with E-state index in [1.807, 2.05) is 19.1 Å². The van der Waals surface area contributed by atoms with Gasteiger partial charge in [-0.05, 0) is 24.1 Å². The van der Waals surface area contributed by atoms with Crippen LogP contribution in [0.2, 0.25) is 0 Å². The Morgan fingerprint density at radius 1 is 1.18 bits per heavy atom. The van der Waals surface area contributed by atoms with Crippen LogP contribution in [0.4, 0.5) is 5.69 Å². The molecule has 0 aliphatic rings. The van der Waals surface area contributed by atoms with Crippen molar-refractivity contribution in [1.29, 1.82) is 0 Å². The fraction of sp³-hybridized carbons (Fsp3) is 0.312. The summed E-state index contributed by atoms with van der Waals surface area (Å²) in [7, 11) is 0. The van der Waals surface area contributed by atoms with E-state index in [0.717, 1.165) is 17.8 Å². The molecule has 0 spiro atoms. The molecule has 6 heteroatoms. The molecule has 0 aliphatic heterocycles. The summed E-state index contributed by atoms with van der Waals surface area (Å²) in [5, 5.41) is 7.45. The van der Waals surface area contributed by atoms with Gasteiger partial charge in [-0.3, -0.25) is 4.79 Å². The Morgan fingerprint density at radius 2 is 1.95 bits per heavy atom. The lowest BCUT2D eigenvalue weighted by atomic mass is 10.1. The van der Waals surface area contributed by atoms with E-state index in [-0.39, 0.29) is 5.56 Å². The number of nitrogens with zero attached hydrogens (tertiary/aromatic N) is 3. The highest BCUT2D eigenvalue weighted by molar-refractivity contribution is 5.45. The molecule has 0 saturated heterocycles. The zero-order chi connectivity index (χ0) is 15.5. The Balaban J connectivity index is 1.79. The van der Waals surface area contributed by atoms with Gasteiger partial charge in [0.25, 0.3) is 5.56 Å². The molecule has 0 atom stereocenters. The molecule has 3 aromatic rings. The number of anilines is 1. The number of benzene rings is 1. The largest absolute Gasteiger partial charge is 0.379 e. The summed E-state index contributed by atoms with van der Waals surface area (Å²) >= 11 is 0. The number of aryl methyl sites for hydroxylation is 2. The van der Waals surface area contributed by atoms with E-state index < -0.39 is 0 Å². The number of aromatic amines is 1. The first-order chi connectivity index (χ1) is 10.7. The van der Waals surface area contributed by atoms with Crippen LogP contribution >= 0.6 is 0 Å². The van der Waals surface area contributed by atoms with Crippen molar-refractivity contribution in [3.05, 3.63) is 57.8 Å². The molecular weight excluding hydrogens is 278 g/mol. The quantitative estimate of drug-likeness (QED) is 0.756. The SMILES string of the molecule is CCc1ccc(NCc2cc(=O)n3nc(CC)nc3[nH]2)cc1. The van der Waals surface area contributed by atoms with Gasteiger partial charge < -0.3 is 10.3 Å². The Bertz CT molecular complexity index is 832. The van der Waals surface area contributed by atoms with Crippen molar-refractivity contribution in [1.82, 2.24) is 19.6 Å². The van der Waals surface area contributed by atoms with Crippen LogP contribution in [-0.2, 0) is 19.4 Å². The summed E-state index contributed by atoms with van der Waals surface area (Å²) in [6.45, 7) is 4.62. The molecule has 22 heavy (non-hydrogen) atoms. The first kappa shape index (κ1) is 14.3. The molecular formula is C16H19N5O. The van der Waals surface area contributed by atoms with Gasteiger partial charge in [-0.1, -0.05) is 26.0 Å². The van der Waals surface area contributed by atoms with E-state index in [1.165, 1.54) is 10.1 Å². The van der Waals surface area contributed by atoms with Crippen molar-refractivity contribution in [2.75, 3.05) is 5.32 Å². The smallest absolute Gasteiger partial charge is 0.275 e. The van der Waals surface area contributed by atoms with E-state index >= 15 is 0 Å². The average molecular weight is 297 g/mol. The third-order valence-corrected chi connectivity index (χ3v) is 3.59. The van der Waals surface area contributed by atoms with Gasteiger partial charge in [-0.2, -0.15) is 9.50 Å². The second-order valence-electron chi connectivity index (χ2n) is 5.15. The Kier molecular flexibility index (Phi) is 3.91. The monoisotopic (exact) mass is 297 g/mol. The fourth-order valence-electron chi connectivity index (χ4n) is 2.28. The van der Waals surface area contributed by atoms with E-state index in [4.69, 9.17) is 0 Å². The molecule has 0 amide bonds. The topological polar surface area (TPSA) is 75.1 Å². The molecule has 114 valence electrons. The highest BCUT2D eigenvalue weighted by Gasteiger charge is 2.07. The molecule has 0 unspecified atom stereocenters. The molecule has 0 aliphatic carbocycles. The van der Waals surface area contributed by atoms with Gasteiger partial charge in [-0.25, -0.2) is 0 Å². The van der Waals surface area contributed by atoms with Crippen LogP contribution in [0, 0.1) is 0 Å². The highest BCUT2D eigenvalue weighted by Crippen LogP contribution is 2.11. The van der Waals surface area contributed by atoms with Crippen molar-refractivity contribution in [3.8, 4) is 0 Å². The maximum atomic E-state index is 12.0. The minimum Gasteiger partial charge on any atom is -0.379 e. The summed E-state index contributed by atoms with van der Waals surface area (Å²) < 4.78 is 1.30. The maximum absolute atomic E-state index is 12.0. The third-order valence-electron chi connectivity index (χ3n) is 3.59. The van der Waals surface area contributed by atoms with Crippen LogP contribution in [0.25, 0.3) is 5.78 Å². The first-order valence-electron chi connectivity index (χ1n) is 7.50. The summed E-state index contributed by atoms with van der Waals surface area (Å²) in [4.78, 5) is 19.5. The van der Waals surface area contributed by atoms with E-state index in [9.17, 15) is 4.79 Å². The zero-order valence-electron chi connectivity index (χ0n) is 12.8. The molecule has 2 N–H and O–H groups in total. The number of aromatic nitrogens is 4. The molecule has 1 aromatic carbocycles. The summed E-state index contributed by atoms with van der Waals surface area (Å²) in [6, 6.07) is 9.83. The van der Waals surface area contributed by atoms with Gasteiger partial charge in [0.05, 0.1) is 6.54 Å². The van der Waals surface area contributed by atoms with Crippen LogP contribution in [0.3, 0.4) is 0 Å². The van der Waals surface area contributed by atoms with Gasteiger partial charge in [0, 0.05) is 23.9 Å². The Hall–Kier alpha value is -2.63. The van der Waals surface area contributed by atoms with Gasteiger partial charge in [0.2, 0.25) is 5.78 Å². The predicted molar refractivity (Wildman–Crippen MR) is 86.1 cm³/mol. The number of hydrogen-bond acceptors (Lipinski definition) is 4. The van der Waals surface area contributed by atoms with Crippen LogP contribution in [-0.4, -0.2) is 19.6 Å². The first-order valence-corrected chi connectivity index (χ1v) is 7.50. The normalized spacial score (nSPS) is 11.0. The molecule has 0 radical (unpaired) electrons. The second kappa shape index (κ2) is 6.01. The Labute approximate surface area is 128 Å². The van der Waals surface area contributed by atoms with Crippen molar-refractivity contribution in [2.45, 2.75) is 33.2 Å². The molecule has 3 rings (SSSR count). The second-order valence-corrected chi connectivity index (χ2v) is 5.15. The Morgan fingerprint density at radius 3 is 2.64 bits per heavy atom. The number of rotatable bonds is 5. The van der Waals surface area contributed by atoms with Gasteiger partial charge in [0.15, 0.2) is 5.82 Å². The lowest BCUT2D eigenvalue weighted by Gasteiger charge is -2.07. The van der Waals surface area contributed by atoms with Crippen molar-refractivity contribution in [2.24, 2.45) is 0 Å². The number of hydrogen-bond donors (Lipinski definition) is 2. The van der Waals surface area contributed by atoms with Crippen LogP contribution in [0.5, 0.6) is 0 Å². The molecule has 0 saturated carbocycles. The lowest BCUT2D eigenvalue weighted by Crippen LogP contribution is -2.17. The summed E-state index contributed by atoms with van der Waals surface area (Å²) in [5.74, 6) is 1.15. The number of H-pyrrole nitrogens is 1. The molecule has 0 fully saturated rings. The van der Waals surface area contributed by atoms with E-state index in [0.29, 0.717) is 24.6 Å². The summed E-state index contributed by atoms with van der Waals surface area (Å²) in [5.41, 5.74) is 2.94. The van der Waals surface area contributed by atoms with Gasteiger partial charge in [0.1, 0.15) is 0 Å². The van der Waals surface area contributed by atoms with Crippen molar-refractivity contribution in [3.63, 3.8) is 0 Å². The van der Waals surface area contributed by atoms with Crippen LogP contribution in [0.15, 0.2) is 35.1 Å². The average Bonchev–Trinajstić information content (AvgIpc) is 2.97.